The summed E-state index contributed by atoms with van der Waals surface area (Å²) >= 11 is 0. The SMILES string of the molecule is CCNC(=NCCCc1nc(C(C)C)no1)N1CCN(c2ccccn2)CC1.I. The highest BCUT2D eigenvalue weighted by molar-refractivity contribution is 14.0. The molecule has 0 unspecified atom stereocenters. The predicted octanol–water partition coefficient (Wildman–Crippen LogP) is 2.93. The lowest BCUT2D eigenvalue weighted by atomic mass is 10.2. The molecule has 0 radical (unpaired) electrons. The molecule has 1 aliphatic rings. The first-order valence-corrected chi connectivity index (χ1v) is 10.2. The number of hydrogen-bond acceptors (Lipinski definition) is 6. The first-order chi connectivity index (χ1) is 13.7. The summed E-state index contributed by atoms with van der Waals surface area (Å²) in [4.78, 5) is 18.3. The minimum absolute atomic E-state index is 0. The molecule has 1 saturated heterocycles. The van der Waals surface area contributed by atoms with E-state index in [1.165, 1.54) is 0 Å². The van der Waals surface area contributed by atoms with Crippen LogP contribution in [0, 0.1) is 0 Å². The molecule has 3 rings (SSSR count). The maximum atomic E-state index is 5.30. The first kappa shape index (κ1) is 23.4. The normalized spacial score (nSPS) is 14.8. The Labute approximate surface area is 190 Å². The Morgan fingerprint density at radius 2 is 2.03 bits per heavy atom. The molecule has 0 atom stereocenters. The van der Waals surface area contributed by atoms with E-state index in [4.69, 9.17) is 9.52 Å². The van der Waals surface area contributed by atoms with Crippen molar-refractivity contribution in [3.05, 3.63) is 36.1 Å². The lowest BCUT2D eigenvalue weighted by molar-refractivity contribution is 0.366. The van der Waals surface area contributed by atoms with Crippen molar-refractivity contribution in [3.63, 3.8) is 0 Å². The first-order valence-electron chi connectivity index (χ1n) is 10.2. The van der Waals surface area contributed by atoms with Crippen molar-refractivity contribution in [1.82, 2.24) is 25.3 Å². The van der Waals surface area contributed by atoms with Crippen LogP contribution in [0.25, 0.3) is 0 Å². The number of piperazine rings is 1. The Hall–Kier alpha value is -1.91. The number of nitrogens with one attached hydrogen (secondary N) is 1. The number of aryl methyl sites for hydroxylation is 1. The summed E-state index contributed by atoms with van der Waals surface area (Å²) in [5.74, 6) is 3.80. The number of aromatic nitrogens is 3. The molecule has 9 heteroatoms. The molecule has 0 saturated carbocycles. The van der Waals surface area contributed by atoms with Crippen molar-refractivity contribution in [3.8, 4) is 0 Å². The van der Waals surface area contributed by atoms with E-state index in [2.05, 4.69) is 57.1 Å². The van der Waals surface area contributed by atoms with E-state index < -0.39 is 0 Å². The number of hydrogen-bond donors (Lipinski definition) is 1. The van der Waals surface area contributed by atoms with Gasteiger partial charge in [0.05, 0.1) is 0 Å². The largest absolute Gasteiger partial charge is 0.357 e. The fourth-order valence-corrected chi connectivity index (χ4v) is 3.13. The summed E-state index contributed by atoms with van der Waals surface area (Å²) < 4.78 is 5.30. The van der Waals surface area contributed by atoms with E-state index in [1.807, 2.05) is 18.3 Å². The number of guanidine groups is 1. The van der Waals surface area contributed by atoms with Crippen LogP contribution in [0.4, 0.5) is 5.82 Å². The second kappa shape index (κ2) is 11.9. The van der Waals surface area contributed by atoms with Crippen molar-refractivity contribution < 1.29 is 4.52 Å². The number of pyridine rings is 1. The third-order valence-electron chi connectivity index (χ3n) is 4.70. The molecular formula is C20H32IN7O. The smallest absolute Gasteiger partial charge is 0.226 e. The zero-order valence-electron chi connectivity index (χ0n) is 17.5. The molecule has 1 N–H and O–H groups in total. The molecular weight excluding hydrogens is 481 g/mol. The fraction of sp³-hybridized carbons (Fsp3) is 0.600. The van der Waals surface area contributed by atoms with Crippen LogP contribution in [0.15, 0.2) is 33.9 Å². The average molecular weight is 513 g/mol. The molecule has 1 aliphatic heterocycles. The van der Waals surface area contributed by atoms with E-state index in [1.54, 1.807) is 0 Å². The van der Waals surface area contributed by atoms with E-state index in [0.29, 0.717) is 11.8 Å². The summed E-state index contributed by atoms with van der Waals surface area (Å²) in [7, 11) is 0. The van der Waals surface area contributed by atoms with Crippen LogP contribution in [-0.2, 0) is 6.42 Å². The Balaban J connectivity index is 0.00000300. The molecule has 0 spiro atoms. The minimum atomic E-state index is 0. The molecule has 0 aromatic carbocycles. The zero-order chi connectivity index (χ0) is 19.8. The summed E-state index contributed by atoms with van der Waals surface area (Å²) in [5.41, 5.74) is 0. The summed E-state index contributed by atoms with van der Waals surface area (Å²) in [6.45, 7) is 11.6. The molecule has 0 bridgehead atoms. The van der Waals surface area contributed by atoms with Gasteiger partial charge in [-0.25, -0.2) is 4.98 Å². The number of rotatable bonds is 7. The van der Waals surface area contributed by atoms with Gasteiger partial charge in [0, 0.05) is 57.8 Å². The van der Waals surface area contributed by atoms with Gasteiger partial charge in [-0.2, -0.15) is 4.98 Å². The second-order valence-corrected chi connectivity index (χ2v) is 7.20. The van der Waals surface area contributed by atoms with Gasteiger partial charge in [0.2, 0.25) is 5.89 Å². The molecule has 2 aromatic rings. The number of anilines is 1. The number of halogens is 1. The van der Waals surface area contributed by atoms with Gasteiger partial charge in [-0.3, -0.25) is 4.99 Å². The van der Waals surface area contributed by atoms with Gasteiger partial charge in [-0.15, -0.1) is 24.0 Å². The van der Waals surface area contributed by atoms with Crippen molar-refractivity contribution in [1.29, 1.82) is 0 Å². The topological polar surface area (TPSA) is 82.7 Å². The Morgan fingerprint density at radius 3 is 2.66 bits per heavy atom. The van der Waals surface area contributed by atoms with Gasteiger partial charge in [-0.1, -0.05) is 25.1 Å². The highest BCUT2D eigenvalue weighted by Gasteiger charge is 2.20. The maximum Gasteiger partial charge on any atom is 0.226 e. The zero-order valence-corrected chi connectivity index (χ0v) is 19.9. The Bertz CT molecular complexity index is 742. The van der Waals surface area contributed by atoms with Gasteiger partial charge in [-0.05, 0) is 25.5 Å². The number of aliphatic imine (C=N–C) groups is 1. The molecule has 160 valence electrons. The monoisotopic (exact) mass is 513 g/mol. The van der Waals surface area contributed by atoms with Crippen molar-refractivity contribution in [2.75, 3.05) is 44.2 Å². The van der Waals surface area contributed by atoms with Crippen LogP contribution in [0.3, 0.4) is 0 Å². The van der Waals surface area contributed by atoms with Gasteiger partial charge in [0.15, 0.2) is 11.8 Å². The van der Waals surface area contributed by atoms with Crippen LogP contribution in [0.5, 0.6) is 0 Å². The Kier molecular flexibility index (Phi) is 9.62. The standard InChI is InChI=1S/C20H31N7O.HI/c1-4-21-20(23-11-7-9-18-24-19(16(2)3)25-28-18)27-14-12-26(13-15-27)17-8-5-6-10-22-17;/h5-6,8,10,16H,4,7,9,11-15H2,1-3H3,(H,21,23);1H. The van der Waals surface area contributed by atoms with Crippen LogP contribution >= 0.6 is 24.0 Å². The quantitative estimate of drug-likeness (QED) is 0.264. The summed E-state index contributed by atoms with van der Waals surface area (Å²) in [5, 5.41) is 7.43. The van der Waals surface area contributed by atoms with Gasteiger partial charge >= 0.3 is 0 Å². The van der Waals surface area contributed by atoms with Gasteiger partial charge in [0.1, 0.15) is 5.82 Å². The summed E-state index contributed by atoms with van der Waals surface area (Å²) in [6, 6.07) is 6.05. The van der Waals surface area contributed by atoms with Crippen LogP contribution < -0.4 is 10.2 Å². The molecule has 0 aliphatic carbocycles. The average Bonchev–Trinajstić information content (AvgIpc) is 3.20. The van der Waals surface area contributed by atoms with Crippen LogP contribution in [-0.4, -0.2) is 65.3 Å². The van der Waals surface area contributed by atoms with E-state index in [-0.39, 0.29) is 24.0 Å². The van der Waals surface area contributed by atoms with Gasteiger partial charge < -0.3 is 19.6 Å². The van der Waals surface area contributed by atoms with Gasteiger partial charge in [0.25, 0.3) is 0 Å². The Morgan fingerprint density at radius 1 is 1.24 bits per heavy atom. The molecule has 0 amide bonds. The van der Waals surface area contributed by atoms with Crippen molar-refractivity contribution in [2.45, 2.75) is 39.5 Å². The van der Waals surface area contributed by atoms with E-state index >= 15 is 0 Å². The molecule has 2 aromatic heterocycles. The second-order valence-electron chi connectivity index (χ2n) is 7.20. The van der Waals surface area contributed by atoms with Crippen molar-refractivity contribution in [2.24, 2.45) is 4.99 Å². The summed E-state index contributed by atoms with van der Waals surface area (Å²) in [6.07, 6.45) is 3.50. The van der Waals surface area contributed by atoms with E-state index in [0.717, 1.165) is 69.7 Å². The molecule has 1 fully saturated rings. The third kappa shape index (κ3) is 6.83. The third-order valence-corrected chi connectivity index (χ3v) is 4.70. The van der Waals surface area contributed by atoms with Crippen LogP contribution in [0.2, 0.25) is 0 Å². The lowest BCUT2D eigenvalue weighted by Crippen LogP contribution is -2.52. The van der Waals surface area contributed by atoms with Crippen molar-refractivity contribution >= 4 is 35.8 Å². The molecule has 8 nitrogen and oxygen atoms in total. The minimum Gasteiger partial charge on any atom is -0.357 e. The maximum absolute atomic E-state index is 5.30. The fourth-order valence-electron chi connectivity index (χ4n) is 3.13. The number of nitrogens with zero attached hydrogens (tertiary/aromatic N) is 6. The van der Waals surface area contributed by atoms with Crippen LogP contribution in [0.1, 0.15) is 44.8 Å². The molecule has 29 heavy (non-hydrogen) atoms. The molecule has 3 heterocycles. The highest BCUT2D eigenvalue weighted by Crippen LogP contribution is 2.13. The van der Waals surface area contributed by atoms with E-state index in [9.17, 15) is 0 Å². The predicted molar refractivity (Wildman–Crippen MR) is 126 cm³/mol. The highest BCUT2D eigenvalue weighted by atomic mass is 127. The lowest BCUT2D eigenvalue weighted by Gasteiger charge is -2.37.